The fourth-order valence-electron chi connectivity index (χ4n) is 2.34. The zero-order valence-corrected chi connectivity index (χ0v) is 12.1. The molecule has 0 aliphatic heterocycles. The maximum atomic E-state index is 4.50. The minimum Gasteiger partial charge on any atom is -0.302 e. The van der Waals surface area contributed by atoms with E-state index in [1.807, 2.05) is 24.5 Å². The molecule has 0 aliphatic rings. The molecule has 19 heavy (non-hydrogen) atoms. The van der Waals surface area contributed by atoms with Gasteiger partial charge in [-0.25, -0.2) is 9.97 Å². The van der Waals surface area contributed by atoms with Gasteiger partial charge in [-0.1, -0.05) is 30.7 Å². The van der Waals surface area contributed by atoms with Gasteiger partial charge in [-0.2, -0.15) is 0 Å². The molecule has 1 aromatic carbocycles. The second-order valence-electron chi connectivity index (χ2n) is 5.10. The summed E-state index contributed by atoms with van der Waals surface area (Å²) in [5, 5.41) is 0. The maximum absolute atomic E-state index is 4.50. The lowest BCUT2D eigenvalue weighted by Crippen LogP contribution is -2.19. The van der Waals surface area contributed by atoms with Crippen LogP contribution < -0.4 is 0 Å². The Labute approximate surface area is 115 Å². The molecule has 0 radical (unpaired) electrons. The molecular weight excluding hydrogens is 234 g/mol. The van der Waals surface area contributed by atoms with E-state index in [2.05, 4.69) is 54.9 Å². The number of nitrogens with zero attached hydrogens (tertiary/aromatic N) is 3. The lowest BCUT2D eigenvalue weighted by Gasteiger charge is -2.22. The van der Waals surface area contributed by atoms with Crippen LogP contribution >= 0.6 is 0 Å². The molecule has 1 heterocycles. The Morgan fingerprint density at radius 1 is 1.16 bits per heavy atom. The van der Waals surface area contributed by atoms with Gasteiger partial charge in [0.15, 0.2) is 5.82 Å². The predicted octanol–water partition coefficient (Wildman–Crippen LogP) is 3.46. The van der Waals surface area contributed by atoms with Gasteiger partial charge in [-0.05, 0) is 33.5 Å². The summed E-state index contributed by atoms with van der Waals surface area (Å²) in [6.07, 6.45) is 4.94. The van der Waals surface area contributed by atoms with Gasteiger partial charge in [0.05, 0.1) is 0 Å². The van der Waals surface area contributed by atoms with Gasteiger partial charge < -0.3 is 4.90 Å². The molecule has 0 saturated heterocycles. The third kappa shape index (κ3) is 3.18. The van der Waals surface area contributed by atoms with Crippen molar-refractivity contribution in [1.29, 1.82) is 0 Å². The highest BCUT2D eigenvalue weighted by molar-refractivity contribution is 5.55. The van der Waals surface area contributed by atoms with Crippen LogP contribution in [0, 0.1) is 6.92 Å². The first-order valence-corrected chi connectivity index (χ1v) is 6.67. The number of benzene rings is 1. The lowest BCUT2D eigenvalue weighted by atomic mass is 10.1. The van der Waals surface area contributed by atoms with Gasteiger partial charge in [-0.15, -0.1) is 0 Å². The SMILES string of the molecule is CCC(c1cnc(-c2cccc(C)c2)nc1)N(C)C. The minimum absolute atomic E-state index is 0.381. The van der Waals surface area contributed by atoms with E-state index in [-0.39, 0.29) is 0 Å². The highest BCUT2D eigenvalue weighted by atomic mass is 15.1. The molecule has 2 aromatic rings. The van der Waals surface area contributed by atoms with Crippen LogP contribution in [-0.4, -0.2) is 29.0 Å². The highest BCUT2D eigenvalue weighted by Crippen LogP contribution is 2.22. The number of rotatable bonds is 4. The van der Waals surface area contributed by atoms with Crippen LogP contribution in [0.3, 0.4) is 0 Å². The summed E-state index contributed by atoms with van der Waals surface area (Å²) in [5.74, 6) is 0.793. The van der Waals surface area contributed by atoms with Gasteiger partial charge in [0.1, 0.15) is 0 Å². The second-order valence-corrected chi connectivity index (χ2v) is 5.10. The van der Waals surface area contributed by atoms with Gasteiger partial charge in [0.25, 0.3) is 0 Å². The summed E-state index contributed by atoms with van der Waals surface area (Å²) in [7, 11) is 4.17. The second kappa shape index (κ2) is 5.93. The molecule has 3 heteroatoms. The highest BCUT2D eigenvalue weighted by Gasteiger charge is 2.12. The van der Waals surface area contributed by atoms with Crippen molar-refractivity contribution >= 4 is 0 Å². The van der Waals surface area contributed by atoms with Crippen LogP contribution in [0.4, 0.5) is 0 Å². The van der Waals surface area contributed by atoms with E-state index in [1.165, 1.54) is 11.1 Å². The quantitative estimate of drug-likeness (QED) is 0.837. The maximum Gasteiger partial charge on any atom is 0.159 e. The van der Waals surface area contributed by atoms with E-state index >= 15 is 0 Å². The molecule has 0 saturated carbocycles. The molecule has 3 nitrogen and oxygen atoms in total. The summed E-state index contributed by atoms with van der Waals surface area (Å²) < 4.78 is 0. The summed E-state index contributed by atoms with van der Waals surface area (Å²) in [6.45, 7) is 4.26. The standard InChI is InChI=1S/C16H21N3/c1-5-15(19(3)4)14-10-17-16(18-11-14)13-8-6-7-12(2)9-13/h6-11,15H,5H2,1-4H3. The first kappa shape index (κ1) is 13.7. The van der Waals surface area contributed by atoms with Crippen molar-refractivity contribution in [2.24, 2.45) is 0 Å². The zero-order chi connectivity index (χ0) is 13.8. The van der Waals surface area contributed by atoms with Crippen molar-refractivity contribution in [3.8, 4) is 11.4 Å². The van der Waals surface area contributed by atoms with Crippen LogP contribution in [0.15, 0.2) is 36.7 Å². The Morgan fingerprint density at radius 2 is 1.84 bits per heavy atom. The zero-order valence-electron chi connectivity index (χ0n) is 12.1. The summed E-state index contributed by atoms with van der Waals surface area (Å²) in [4.78, 5) is 11.2. The van der Waals surface area contributed by atoms with E-state index in [9.17, 15) is 0 Å². The molecule has 0 amide bonds. The molecular formula is C16H21N3. The monoisotopic (exact) mass is 255 g/mol. The van der Waals surface area contributed by atoms with Crippen LogP contribution in [-0.2, 0) is 0 Å². The Balaban J connectivity index is 2.28. The lowest BCUT2D eigenvalue weighted by molar-refractivity contribution is 0.291. The van der Waals surface area contributed by atoms with E-state index in [4.69, 9.17) is 0 Å². The smallest absolute Gasteiger partial charge is 0.159 e. The van der Waals surface area contributed by atoms with Crippen LogP contribution in [0.25, 0.3) is 11.4 Å². The van der Waals surface area contributed by atoms with Crippen molar-refractivity contribution in [2.75, 3.05) is 14.1 Å². The molecule has 0 fully saturated rings. The largest absolute Gasteiger partial charge is 0.302 e. The third-order valence-corrected chi connectivity index (χ3v) is 3.34. The Bertz CT molecular complexity index is 532. The van der Waals surface area contributed by atoms with E-state index in [0.717, 1.165) is 17.8 Å². The number of aryl methyl sites for hydroxylation is 1. The van der Waals surface area contributed by atoms with E-state index < -0.39 is 0 Å². The van der Waals surface area contributed by atoms with Crippen LogP contribution in [0.5, 0.6) is 0 Å². The molecule has 0 spiro atoms. The Morgan fingerprint density at radius 3 is 2.37 bits per heavy atom. The van der Waals surface area contributed by atoms with Gasteiger partial charge in [-0.3, -0.25) is 0 Å². The number of aromatic nitrogens is 2. The van der Waals surface area contributed by atoms with Crippen molar-refractivity contribution in [2.45, 2.75) is 26.3 Å². The summed E-state index contributed by atoms with van der Waals surface area (Å²) >= 11 is 0. The van der Waals surface area contributed by atoms with Gasteiger partial charge in [0, 0.05) is 29.6 Å². The first-order valence-electron chi connectivity index (χ1n) is 6.67. The predicted molar refractivity (Wildman–Crippen MR) is 78.9 cm³/mol. The van der Waals surface area contributed by atoms with Crippen molar-refractivity contribution < 1.29 is 0 Å². The average Bonchev–Trinajstić information content (AvgIpc) is 2.40. The van der Waals surface area contributed by atoms with E-state index in [0.29, 0.717) is 6.04 Å². The van der Waals surface area contributed by atoms with Crippen LogP contribution in [0.2, 0.25) is 0 Å². The fraction of sp³-hybridized carbons (Fsp3) is 0.375. The first-order chi connectivity index (χ1) is 9.11. The topological polar surface area (TPSA) is 29.0 Å². The van der Waals surface area contributed by atoms with Crippen molar-refractivity contribution in [3.05, 3.63) is 47.8 Å². The normalized spacial score (nSPS) is 12.7. The van der Waals surface area contributed by atoms with Crippen molar-refractivity contribution in [1.82, 2.24) is 14.9 Å². The van der Waals surface area contributed by atoms with Crippen molar-refractivity contribution in [3.63, 3.8) is 0 Å². The van der Waals surface area contributed by atoms with E-state index in [1.54, 1.807) is 0 Å². The molecule has 0 bridgehead atoms. The Kier molecular flexibility index (Phi) is 4.27. The summed E-state index contributed by atoms with van der Waals surface area (Å²) in [6, 6.07) is 8.66. The molecule has 1 aromatic heterocycles. The molecule has 1 atom stereocenters. The Hall–Kier alpha value is -1.74. The molecule has 100 valence electrons. The summed E-state index contributed by atoms with van der Waals surface area (Å²) in [5.41, 5.74) is 3.47. The molecule has 0 N–H and O–H groups in total. The minimum atomic E-state index is 0.381. The average molecular weight is 255 g/mol. The molecule has 2 rings (SSSR count). The fourth-order valence-corrected chi connectivity index (χ4v) is 2.34. The van der Waals surface area contributed by atoms with Crippen LogP contribution in [0.1, 0.15) is 30.5 Å². The number of hydrogen-bond acceptors (Lipinski definition) is 3. The third-order valence-electron chi connectivity index (χ3n) is 3.34. The van der Waals surface area contributed by atoms with Gasteiger partial charge in [0.2, 0.25) is 0 Å². The van der Waals surface area contributed by atoms with Gasteiger partial charge >= 0.3 is 0 Å². The molecule has 1 unspecified atom stereocenters. The molecule has 0 aliphatic carbocycles. The number of hydrogen-bond donors (Lipinski definition) is 0.